The van der Waals surface area contributed by atoms with Gasteiger partial charge in [0.2, 0.25) is 0 Å². The van der Waals surface area contributed by atoms with Crippen LogP contribution in [0.3, 0.4) is 0 Å². The summed E-state index contributed by atoms with van der Waals surface area (Å²) in [6.45, 7) is 13.9. The molecule has 0 saturated carbocycles. The zero-order valence-electron chi connectivity index (χ0n) is 21.2. The summed E-state index contributed by atoms with van der Waals surface area (Å²) in [4.78, 5) is 26.4. The summed E-state index contributed by atoms with van der Waals surface area (Å²) < 4.78 is 14.5. The number of hydrogen-bond acceptors (Lipinski definition) is 4. The molecule has 0 radical (unpaired) electrons. The van der Waals surface area contributed by atoms with Crippen molar-refractivity contribution in [3.63, 3.8) is 0 Å². The lowest BCUT2D eigenvalue weighted by Gasteiger charge is -2.20. The molecule has 2 aromatic carbocycles. The van der Waals surface area contributed by atoms with Crippen LogP contribution in [0.4, 0.5) is 0 Å². The van der Waals surface area contributed by atoms with E-state index in [4.69, 9.17) is 9.47 Å². The molecule has 0 saturated heterocycles. The number of aromatic nitrogens is 2. The van der Waals surface area contributed by atoms with Crippen molar-refractivity contribution in [2.45, 2.75) is 66.3 Å². The Bertz CT molecular complexity index is 1240. The molecule has 0 aliphatic carbocycles. The quantitative estimate of drug-likeness (QED) is 0.295. The molecule has 0 bridgehead atoms. The molecule has 1 aromatic heterocycles. The summed E-state index contributed by atoms with van der Waals surface area (Å²) in [5, 5.41) is 0. The van der Waals surface area contributed by atoms with Crippen molar-refractivity contribution in [2.24, 2.45) is 0 Å². The molecule has 34 heavy (non-hydrogen) atoms. The summed E-state index contributed by atoms with van der Waals surface area (Å²) in [6, 6.07) is 16.7. The molecule has 0 N–H and O–H groups in total. The number of benzene rings is 2. The van der Waals surface area contributed by atoms with Crippen molar-refractivity contribution in [3.05, 3.63) is 86.1 Å². The van der Waals surface area contributed by atoms with Gasteiger partial charge < -0.3 is 9.47 Å². The summed E-state index contributed by atoms with van der Waals surface area (Å²) in [7, 11) is -1.25. The second kappa shape index (κ2) is 11.0. The second-order valence-electron chi connectivity index (χ2n) is 9.83. The first-order valence-electron chi connectivity index (χ1n) is 11.8. The third-order valence-corrected chi connectivity index (χ3v) is 7.59. The van der Waals surface area contributed by atoms with Gasteiger partial charge in [-0.1, -0.05) is 50.0 Å². The molecule has 0 spiro atoms. The molecule has 3 aromatic rings. The van der Waals surface area contributed by atoms with Crippen LogP contribution >= 0.6 is 0 Å². The normalized spacial score (nSPS) is 11.6. The second-order valence-corrected chi connectivity index (χ2v) is 15.5. The summed E-state index contributed by atoms with van der Waals surface area (Å²) in [6.07, 6.45) is 0. The number of rotatable bonds is 10. The van der Waals surface area contributed by atoms with Gasteiger partial charge in [-0.15, -0.1) is 0 Å². The lowest BCUT2D eigenvalue weighted by molar-refractivity contribution is 0.0803. The molecule has 7 heteroatoms. The Hall–Kier alpha value is -2.90. The smallest absolute Gasteiger partial charge is 0.333 e. The van der Waals surface area contributed by atoms with Crippen molar-refractivity contribution in [3.8, 4) is 17.0 Å². The zero-order chi connectivity index (χ0) is 24.9. The number of hydrogen-bond donors (Lipinski definition) is 0. The standard InChI is InChI=1S/C27H36N2O4Si/c1-7-28-25(21(3)26(30)29(27(28)31)19-32-15-16-34(4,5)6)24-14-13-23(17-20(24)2)33-18-22-11-9-8-10-12-22/h8-14,17H,7,15-16,18-19H2,1-6H3. The highest BCUT2D eigenvalue weighted by Crippen LogP contribution is 2.28. The first kappa shape index (κ1) is 25.7. The minimum absolute atomic E-state index is 0.0193. The van der Waals surface area contributed by atoms with Gasteiger partial charge in [0.15, 0.2) is 0 Å². The van der Waals surface area contributed by atoms with Gasteiger partial charge in [0.25, 0.3) is 5.56 Å². The third kappa shape index (κ3) is 6.15. The maximum absolute atomic E-state index is 13.2. The first-order valence-corrected chi connectivity index (χ1v) is 15.5. The minimum atomic E-state index is -1.25. The van der Waals surface area contributed by atoms with Crippen molar-refractivity contribution < 1.29 is 9.47 Å². The zero-order valence-corrected chi connectivity index (χ0v) is 22.2. The van der Waals surface area contributed by atoms with E-state index < -0.39 is 8.07 Å². The Labute approximate surface area is 202 Å². The average molecular weight is 481 g/mol. The van der Waals surface area contributed by atoms with Crippen LogP contribution in [-0.2, 0) is 24.6 Å². The van der Waals surface area contributed by atoms with Gasteiger partial charge in [-0.05, 0) is 56.1 Å². The maximum Gasteiger partial charge on any atom is 0.333 e. The minimum Gasteiger partial charge on any atom is -0.489 e. The molecular weight excluding hydrogens is 444 g/mol. The Morgan fingerprint density at radius 3 is 2.26 bits per heavy atom. The van der Waals surface area contributed by atoms with Gasteiger partial charge in [-0.2, -0.15) is 0 Å². The fourth-order valence-corrected chi connectivity index (χ4v) is 4.61. The Balaban J connectivity index is 1.89. The highest BCUT2D eigenvalue weighted by Gasteiger charge is 2.19. The molecule has 1 heterocycles. The van der Waals surface area contributed by atoms with Crippen molar-refractivity contribution in [2.75, 3.05) is 6.61 Å². The predicted octanol–water partition coefficient (Wildman–Crippen LogP) is 5.21. The van der Waals surface area contributed by atoms with E-state index in [-0.39, 0.29) is 18.0 Å². The van der Waals surface area contributed by atoms with Crippen molar-refractivity contribution >= 4 is 8.07 Å². The van der Waals surface area contributed by atoms with Gasteiger partial charge in [0.1, 0.15) is 19.1 Å². The topological polar surface area (TPSA) is 62.5 Å². The molecule has 0 atom stereocenters. The van der Waals surface area contributed by atoms with Crippen LogP contribution in [0.5, 0.6) is 5.75 Å². The van der Waals surface area contributed by atoms with Gasteiger partial charge in [-0.25, -0.2) is 9.36 Å². The fourth-order valence-electron chi connectivity index (χ4n) is 3.86. The van der Waals surface area contributed by atoms with E-state index >= 15 is 0 Å². The van der Waals surface area contributed by atoms with Crippen LogP contribution in [0.1, 0.15) is 23.6 Å². The lowest BCUT2D eigenvalue weighted by atomic mass is 10.0. The lowest BCUT2D eigenvalue weighted by Crippen LogP contribution is -2.42. The Kier molecular flexibility index (Phi) is 8.33. The molecule has 0 aliphatic heterocycles. The Morgan fingerprint density at radius 1 is 0.941 bits per heavy atom. The monoisotopic (exact) mass is 480 g/mol. The maximum atomic E-state index is 13.2. The van der Waals surface area contributed by atoms with Crippen LogP contribution in [0.25, 0.3) is 11.3 Å². The van der Waals surface area contributed by atoms with E-state index in [0.29, 0.717) is 31.0 Å². The van der Waals surface area contributed by atoms with Crippen LogP contribution in [0, 0.1) is 13.8 Å². The van der Waals surface area contributed by atoms with E-state index in [2.05, 4.69) is 19.6 Å². The van der Waals surface area contributed by atoms with E-state index in [0.717, 1.165) is 28.5 Å². The van der Waals surface area contributed by atoms with Crippen LogP contribution in [0.2, 0.25) is 25.7 Å². The molecule has 0 amide bonds. The van der Waals surface area contributed by atoms with E-state index in [1.54, 1.807) is 11.5 Å². The molecule has 182 valence electrons. The predicted molar refractivity (Wildman–Crippen MR) is 140 cm³/mol. The molecule has 0 unspecified atom stereocenters. The summed E-state index contributed by atoms with van der Waals surface area (Å²) in [5.74, 6) is 0.747. The molecule has 6 nitrogen and oxygen atoms in total. The summed E-state index contributed by atoms with van der Waals surface area (Å²) >= 11 is 0. The van der Waals surface area contributed by atoms with Gasteiger partial charge in [-0.3, -0.25) is 9.36 Å². The van der Waals surface area contributed by atoms with E-state index in [9.17, 15) is 9.59 Å². The molecule has 0 aliphatic rings. The van der Waals surface area contributed by atoms with Crippen LogP contribution in [-0.4, -0.2) is 23.8 Å². The summed E-state index contributed by atoms with van der Waals surface area (Å²) in [5.41, 5.74) is 3.44. The molecule has 0 fully saturated rings. The largest absolute Gasteiger partial charge is 0.489 e. The van der Waals surface area contributed by atoms with Crippen LogP contribution in [0.15, 0.2) is 58.1 Å². The van der Waals surface area contributed by atoms with Crippen molar-refractivity contribution in [1.29, 1.82) is 0 Å². The van der Waals surface area contributed by atoms with E-state index in [1.807, 2.05) is 62.4 Å². The van der Waals surface area contributed by atoms with Crippen LogP contribution < -0.4 is 16.0 Å². The fraction of sp³-hybridized carbons (Fsp3) is 0.407. The molecule has 3 rings (SSSR count). The van der Waals surface area contributed by atoms with E-state index in [1.165, 1.54) is 4.57 Å². The average Bonchev–Trinajstić information content (AvgIpc) is 2.80. The number of nitrogens with zero attached hydrogens (tertiary/aromatic N) is 2. The van der Waals surface area contributed by atoms with Crippen molar-refractivity contribution in [1.82, 2.24) is 9.13 Å². The van der Waals surface area contributed by atoms with Gasteiger partial charge in [0, 0.05) is 32.4 Å². The highest BCUT2D eigenvalue weighted by atomic mass is 28.3. The van der Waals surface area contributed by atoms with Gasteiger partial charge in [0.05, 0.1) is 5.69 Å². The SMILES string of the molecule is CCn1c(-c2ccc(OCc3ccccc3)cc2C)c(C)c(=O)n(COCC[Si](C)(C)C)c1=O. The third-order valence-electron chi connectivity index (χ3n) is 5.89. The van der Waals surface area contributed by atoms with Gasteiger partial charge >= 0.3 is 5.69 Å². The highest BCUT2D eigenvalue weighted by molar-refractivity contribution is 6.76. The Morgan fingerprint density at radius 2 is 1.65 bits per heavy atom. The first-order chi connectivity index (χ1) is 16.1. The molecular formula is C27H36N2O4Si. The number of ether oxygens (including phenoxy) is 2. The number of aryl methyl sites for hydroxylation is 1.